The molecule has 0 unspecified atom stereocenters. The highest BCUT2D eigenvalue weighted by Crippen LogP contribution is 2.24. The molecule has 0 fully saturated rings. The molecular weight excluding hydrogens is 363 g/mol. The number of benzene rings is 1. The highest BCUT2D eigenvalue weighted by molar-refractivity contribution is 6.42. The minimum Gasteiger partial charge on any atom is -0.347 e. The van der Waals surface area contributed by atoms with E-state index in [2.05, 4.69) is 20.4 Å². The number of aromatic nitrogens is 4. The Balaban J connectivity index is 1.75. The monoisotopic (exact) mass is 376 g/mol. The number of nitrogens with zero attached hydrogens (tertiary/aromatic N) is 5. The van der Waals surface area contributed by atoms with E-state index in [1.807, 2.05) is 14.1 Å². The quantitative estimate of drug-likeness (QED) is 0.755. The van der Waals surface area contributed by atoms with Crippen molar-refractivity contribution in [2.75, 3.05) is 24.3 Å². The van der Waals surface area contributed by atoms with Crippen molar-refractivity contribution in [1.29, 1.82) is 0 Å². The van der Waals surface area contributed by atoms with Gasteiger partial charge in [0.2, 0.25) is 5.95 Å². The van der Waals surface area contributed by atoms with Gasteiger partial charge in [0.15, 0.2) is 5.69 Å². The number of rotatable bonds is 4. The van der Waals surface area contributed by atoms with Gasteiger partial charge in [-0.25, -0.2) is 14.6 Å². The van der Waals surface area contributed by atoms with Gasteiger partial charge in [-0.1, -0.05) is 23.2 Å². The van der Waals surface area contributed by atoms with E-state index in [0.717, 1.165) is 0 Å². The van der Waals surface area contributed by atoms with E-state index in [1.165, 1.54) is 12.4 Å². The van der Waals surface area contributed by atoms with E-state index < -0.39 is 0 Å². The molecule has 0 aliphatic heterocycles. The van der Waals surface area contributed by atoms with Crippen LogP contribution in [0.2, 0.25) is 10.0 Å². The molecule has 1 N–H and O–H groups in total. The molecule has 1 amide bonds. The highest BCUT2D eigenvalue weighted by Gasteiger charge is 2.12. The fourth-order valence-corrected chi connectivity index (χ4v) is 2.32. The lowest BCUT2D eigenvalue weighted by Crippen LogP contribution is -2.15. The van der Waals surface area contributed by atoms with Gasteiger partial charge in [0.25, 0.3) is 5.91 Å². The summed E-state index contributed by atoms with van der Waals surface area (Å²) in [6.07, 6.45) is 4.74. The summed E-state index contributed by atoms with van der Waals surface area (Å²) in [6, 6.07) is 6.71. The van der Waals surface area contributed by atoms with Crippen LogP contribution in [-0.2, 0) is 0 Å². The SMILES string of the molecule is CN(C)c1ncc(NC(=O)c2ccn(-c3ccc(Cl)c(Cl)c3)n2)cn1. The van der Waals surface area contributed by atoms with Crippen molar-refractivity contribution >= 4 is 40.7 Å². The van der Waals surface area contributed by atoms with Gasteiger partial charge in [0.05, 0.1) is 33.8 Å². The molecule has 1 aromatic carbocycles. The first-order valence-electron chi connectivity index (χ1n) is 7.26. The van der Waals surface area contributed by atoms with Gasteiger partial charge in [-0.05, 0) is 24.3 Å². The van der Waals surface area contributed by atoms with E-state index >= 15 is 0 Å². The van der Waals surface area contributed by atoms with Gasteiger partial charge in [0, 0.05) is 20.3 Å². The molecule has 2 aromatic heterocycles. The maximum absolute atomic E-state index is 12.3. The summed E-state index contributed by atoms with van der Waals surface area (Å²) in [5.41, 5.74) is 1.44. The van der Waals surface area contributed by atoms with Crippen LogP contribution in [0.3, 0.4) is 0 Å². The number of hydrogen-bond acceptors (Lipinski definition) is 5. The third kappa shape index (κ3) is 3.89. The normalized spacial score (nSPS) is 10.6. The van der Waals surface area contributed by atoms with Crippen molar-refractivity contribution < 1.29 is 4.79 Å². The van der Waals surface area contributed by atoms with Crippen LogP contribution < -0.4 is 10.2 Å². The third-order valence-corrected chi connectivity index (χ3v) is 4.02. The standard InChI is InChI=1S/C16H14Cl2N6O/c1-23(2)16-19-8-10(9-20-16)21-15(25)14-5-6-24(22-14)11-3-4-12(17)13(18)7-11/h3-9H,1-2H3,(H,21,25). The Labute approximate surface area is 154 Å². The van der Waals surface area contributed by atoms with Crippen molar-refractivity contribution in [3.05, 3.63) is 58.6 Å². The number of carbonyl (C=O) groups is 1. The summed E-state index contributed by atoms with van der Waals surface area (Å²) >= 11 is 11.9. The van der Waals surface area contributed by atoms with E-state index in [0.29, 0.717) is 27.4 Å². The van der Waals surface area contributed by atoms with E-state index in [9.17, 15) is 4.79 Å². The average Bonchev–Trinajstić information content (AvgIpc) is 3.08. The zero-order chi connectivity index (χ0) is 18.0. The Kier molecular flexibility index (Phi) is 4.87. The third-order valence-electron chi connectivity index (χ3n) is 3.29. The summed E-state index contributed by atoms with van der Waals surface area (Å²) in [6.45, 7) is 0. The Morgan fingerprint density at radius 1 is 1.12 bits per heavy atom. The molecule has 0 aliphatic carbocycles. The Morgan fingerprint density at radius 2 is 1.84 bits per heavy atom. The zero-order valence-corrected chi connectivity index (χ0v) is 15.0. The zero-order valence-electron chi connectivity index (χ0n) is 13.4. The molecule has 25 heavy (non-hydrogen) atoms. The minimum absolute atomic E-state index is 0.253. The van der Waals surface area contributed by atoms with Gasteiger partial charge < -0.3 is 10.2 Å². The topological polar surface area (TPSA) is 75.9 Å². The molecule has 0 radical (unpaired) electrons. The van der Waals surface area contributed by atoms with E-state index in [1.54, 1.807) is 40.0 Å². The van der Waals surface area contributed by atoms with Crippen LogP contribution in [0.1, 0.15) is 10.5 Å². The van der Waals surface area contributed by atoms with Gasteiger partial charge in [-0.3, -0.25) is 4.79 Å². The van der Waals surface area contributed by atoms with Crippen molar-refractivity contribution in [3.8, 4) is 5.69 Å². The molecule has 3 aromatic rings. The summed E-state index contributed by atoms with van der Waals surface area (Å²) in [5, 5.41) is 7.82. The molecule has 2 heterocycles. The lowest BCUT2D eigenvalue weighted by atomic mass is 10.3. The predicted octanol–water partition coefficient (Wildman–Crippen LogP) is 3.29. The first kappa shape index (κ1) is 17.2. The van der Waals surface area contributed by atoms with E-state index in [-0.39, 0.29) is 11.6 Å². The van der Waals surface area contributed by atoms with Crippen LogP contribution >= 0.6 is 23.2 Å². The number of anilines is 2. The van der Waals surface area contributed by atoms with Crippen LogP contribution in [0.5, 0.6) is 0 Å². The van der Waals surface area contributed by atoms with Crippen LogP contribution in [0.15, 0.2) is 42.9 Å². The van der Waals surface area contributed by atoms with Gasteiger partial charge >= 0.3 is 0 Å². The molecule has 0 spiro atoms. The lowest BCUT2D eigenvalue weighted by molar-refractivity contribution is 0.102. The number of carbonyl (C=O) groups excluding carboxylic acids is 1. The highest BCUT2D eigenvalue weighted by atomic mass is 35.5. The van der Waals surface area contributed by atoms with Gasteiger partial charge in [0.1, 0.15) is 0 Å². The molecule has 7 nitrogen and oxygen atoms in total. The number of halogens is 2. The van der Waals surface area contributed by atoms with Gasteiger partial charge in [-0.2, -0.15) is 5.10 Å². The predicted molar refractivity (Wildman–Crippen MR) is 97.9 cm³/mol. The molecular formula is C16H14Cl2N6O. The maximum atomic E-state index is 12.3. The minimum atomic E-state index is -0.361. The average molecular weight is 377 g/mol. The smallest absolute Gasteiger partial charge is 0.276 e. The Morgan fingerprint density at radius 3 is 2.48 bits per heavy atom. The molecule has 9 heteroatoms. The number of hydrogen-bond donors (Lipinski definition) is 1. The van der Waals surface area contributed by atoms with E-state index in [4.69, 9.17) is 23.2 Å². The summed E-state index contributed by atoms with van der Waals surface area (Å²) < 4.78 is 1.54. The summed E-state index contributed by atoms with van der Waals surface area (Å²) in [5.74, 6) is 0.196. The first-order valence-corrected chi connectivity index (χ1v) is 8.01. The van der Waals surface area contributed by atoms with Crippen LogP contribution in [0.25, 0.3) is 5.69 Å². The largest absolute Gasteiger partial charge is 0.347 e. The molecule has 0 bridgehead atoms. The van der Waals surface area contributed by atoms with Crippen molar-refractivity contribution in [3.63, 3.8) is 0 Å². The fourth-order valence-electron chi connectivity index (χ4n) is 2.03. The number of nitrogens with one attached hydrogen (secondary N) is 1. The van der Waals surface area contributed by atoms with Crippen molar-refractivity contribution in [1.82, 2.24) is 19.7 Å². The second kappa shape index (κ2) is 7.08. The molecule has 0 saturated heterocycles. The Hall–Kier alpha value is -2.64. The Bertz CT molecular complexity index is 907. The summed E-state index contributed by atoms with van der Waals surface area (Å²) in [7, 11) is 3.67. The molecule has 0 atom stereocenters. The summed E-state index contributed by atoms with van der Waals surface area (Å²) in [4.78, 5) is 22.4. The second-order valence-corrected chi connectivity index (χ2v) is 6.18. The van der Waals surface area contributed by atoms with Crippen LogP contribution in [0.4, 0.5) is 11.6 Å². The fraction of sp³-hybridized carbons (Fsp3) is 0.125. The maximum Gasteiger partial charge on any atom is 0.276 e. The lowest BCUT2D eigenvalue weighted by Gasteiger charge is -2.09. The van der Waals surface area contributed by atoms with Crippen molar-refractivity contribution in [2.24, 2.45) is 0 Å². The molecule has 3 rings (SSSR count). The van der Waals surface area contributed by atoms with Crippen LogP contribution in [-0.4, -0.2) is 39.8 Å². The molecule has 0 aliphatic rings. The second-order valence-electron chi connectivity index (χ2n) is 5.36. The van der Waals surface area contributed by atoms with Gasteiger partial charge in [-0.15, -0.1) is 0 Å². The molecule has 128 valence electrons. The molecule has 0 saturated carbocycles. The first-order chi connectivity index (χ1) is 11.9. The van der Waals surface area contributed by atoms with Crippen molar-refractivity contribution in [2.45, 2.75) is 0 Å². The van der Waals surface area contributed by atoms with Crippen LogP contribution in [0, 0.1) is 0 Å². The number of amides is 1.